The van der Waals surface area contributed by atoms with Gasteiger partial charge in [-0.2, -0.15) is 0 Å². The highest BCUT2D eigenvalue weighted by molar-refractivity contribution is 5.81. The zero-order valence-electron chi connectivity index (χ0n) is 14.6. The van der Waals surface area contributed by atoms with Crippen LogP contribution in [0.4, 0.5) is 0 Å². The fourth-order valence-corrected chi connectivity index (χ4v) is 2.63. The predicted molar refractivity (Wildman–Crippen MR) is 94.5 cm³/mol. The van der Waals surface area contributed by atoms with Gasteiger partial charge in [-0.3, -0.25) is 4.79 Å². The molecule has 1 N–H and O–H groups in total. The second-order valence-electron chi connectivity index (χ2n) is 6.16. The van der Waals surface area contributed by atoms with Crippen molar-refractivity contribution in [2.45, 2.75) is 52.5 Å². The molecular weight excluding hydrogens is 306 g/mol. The number of carbonyl (C=O) groups is 1. The molecule has 2 rings (SSSR count). The van der Waals surface area contributed by atoms with Crippen LogP contribution in [0.25, 0.3) is 11.0 Å². The van der Waals surface area contributed by atoms with Crippen molar-refractivity contribution in [1.82, 2.24) is 5.32 Å². The van der Waals surface area contributed by atoms with Gasteiger partial charge >= 0.3 is 5.63 Å². The Hall–Kier alpha value is -2.30. The van der Waals surface area contributed by atoms with Crippen LogP contribution in [0.3, 0.4) is 0 Å². The Kier molecular flexibility index (Phi) is 6.41. The molecule has 2 aromatic rings. The van der Waals surface area contributed by atoms with Gasteiger partial charge in [-0.05, 0) is 38.0 Å². The minimum Gasteiger partial charge on any atom is -0.484 e. The van der Waals surface area contributed by atoms with E-state index in [2.05, 4.69) is 12.2 Å². The topological polar surface area (TPSA) is 68.5 Å². The van der Waals surface area contributed by atoms with Crippen LogP contribution in [0.2, 0.25) is 0 Å². The number of benzene rings is 1. The lowest BCUT2D eigenvalue weighted by Gasteiger charge is -2.14. The van der Waals surface area contributed by atoms with Gasteiger partial charge in [0, 0.05) is 23.6 Å². The maximum absolute atomic E-state index is 11.9. The maximum Gasteiger partial charge on any atom is 0.336 e. The van der Waals surface area contributed by atoms with Gasteiger partial charge in [-0.25, -0.2) is 4.79 Å². The van der Waals surface area contributed by atoms with E-state index in [0.29, 0.717) is 11.3 Å². The monoisotopic (exact) mass is 331 g/mol. The average Bonchev–Trinajstić information content (AvgIpc) is 2.52. The molecule has 1 aromatic carbocycles. The van der Waals surface area contributed by atoms with Crippen molar-refractivity contribution in [2.75, 3.05) is 6.61 Å². The lowest BCUT2D eigenvalue weighted by Crippen LogP contribution is -2.36. The second kappa shape index (κ2) is 8.52. The molecule has 0 bridgehead atoms. The summed E-state index contributed by atoms with van der Waals surface area (Å²) in [6, 6.07) is 6.84. The lowest BCUT2D eigenvalue weighted by molar-refractivity contribution is -0.123. The first-order valence-corrected chi connectivity index (χ1v) is 8.46. The largest absolute Gasteiger partial charge is 0.484 e. The standard InChI is InChI=1S/C19H25NO4/c1-4-5-6-7-14(3)20-18(21)12-23-15-8-9-16-13(2)10-19(22)24-17(16)11-15/h8-11,14H,4-7,12H2,1-3H3,(H,20,21). The summed E-state index contributed by atoms with van der Waals surface area (Å²) < 4.78 is 10.7. The van der Waals surface area contributed by atoms with Gasteiger partial charge in [0.1, 0.15) is 11.3 Å². The molecule has 0 fully saturated rings. The van der Waals surface area contributed by atoms with E-state index >= 15 is 0 Å². The van der Waals surface area contributed by atoms with E-state index in [1.807, 2.05) is 19.9 Å². The molecule has 5 heteroatoms. The summed E-state index contributed by atoms with van der Waals surface area (Å²) in [5, 5.41) is 3.78. The number of ether oxygens (including phenoxy) is 1. The van der Waals surface area contributed by atoms with Gasteiger partial charge in [0.15, 0.2) is 6.61 Å². The Labute approximate surface area is 142 Å². The van der Waals surface area contributed by atoms with E-state index < -0.39 is 5.63 Å². The molecule has 24 heavy (non-hydrogen) atoms. The first-order chi connectivity index (χ1) is 11.5. The molecule has 1 unspecified atom stereocenters. The fraction of sp³-hybridized carbons (Fsp3) is 0.474. The summed E-state index contributed by atoms with van der Waals surface area (Å²) >= 11 is 0. The number of hydrogen-bond donors (Lipinski definition) is 1. The van der Waals surface area contributed by atoms with E-state index in [1.165, 1.54) is 18.9 Å². The number of carbonyl (C=O) groups excluding carboxylic acids is 1. The highest BCUT2D eigenvalue weighted by Gasteiger charge is 2.09. The molecular formula is C19H25NO4. The van der Waals surface area contributed by atoms with Crippen molar-refractivity contribution in [3.05, 3.63) is 40.2 Å². The summed E-state index contributed by atoms with van der Waals surface area (Å²) in [5.74, 6) is 0.356. The Morgan fingerprint density at radius 2 is 2.08 bits per heavy atom. The molecule has 0 saturated heterocycles. The van der Waals surface area contributed by atoms with Crippen molar-refractivity contribution in [1.29, 1.82) is 0 Å². The maximum atomic E-state index is 11.9. The molecule has 1 heterocycles. The van der Waals surface area contributed by atoms with Gasteiger partial charge in [0.25, 0.3) is 5.91 Å². The number of rotatable bonds is 8. The number of nitrogens with one attached hydrogen (secondary N) is 1. The summed E-state index contributed by atoms with van der Waals surface area (Å²) in [5.41, 5.74) is 0.924. The summed E-state index contributed by atoms with van der Waals surface area (Å²) in [6.45, 7) is 5.96. The van der Waals surface area contributed by atoms with Gasteiger partial charge in [0.05, 0.1) is 0 Å². The molecule has 5 nitrogen and oxygen atoms in total. The lowest BCUT2D eigenvalue weighted by atomic mass is 10.1. The van der Waals surface area contributed by atoms with Crippen molar-refractivity contribution in [3.63, 3.8) is 0 Å². The zero-order chi connectivity index (χ0) is 17.5. The number of aryl methyl sites for hydroxylation is 1. The number of unbranched alkanes of at least 4 members (excludes halogenated alkanes) is 2. The normalized spacial score (nSPS) is 12.1. The third kappa shape index (κ3) is 5.11. The van der Waals surface area contributed by atoms with Gasteiger partial charge in [0.2, 0.25) is 0 Å². The Balaban J connectivity index is 1.91. The summed E-state index contributed by atoms with van der Waals surface area (Å²) in [4.78, 5) is 23.4. The molecule has 0 radical (unpaired) electrons. The number of hydrogen-bond acceptors (Lipinski definition) is 4. The molecule has 130 valence electrons. The van der Waals surface area contributed by atoms with E-state index in [1.54, 1.807) is 12.1 Å². The SMILES string of the molecule is CCCCCC(C)NC(=O)COc1ccc2c(C)cc(=O)oc2c1. The van der Waals surface area contributed by atoms with Gasteiger partial charge in [-0.1, -0.05) is 26.2 Å². The quantitative estimate of drug-likeness (QED) is 0.593. The van der Waals surface area contributed by atoms with Crippen LogP contribution >= 0.6 is 0 Å². The van der Waals surface area contributed by atoms with Crippen LogP contribution in [0.5, 0.6) is 5.75 Å². The van der Waals surface area contributed by atoms with E-state index in [0.717, 1.165) is 23.8 Å². The highest BCUT2D eigenvalue weighted by Crippen LogP contribution is 2.22. The van der Waals surface area contributed by atoms with E-state index in [4.69, 9.17) is 9.15 Å². The molecule has 0 aliphatic carbocycles. The molecule has 0 aliphatic heterocycles. The minimum atomic E-state index is -0.393. The Morgan fingerprint density at radius 3 is 2.83 bits per heavy atom. The Bertz CT molecular complexity index is 751. The van der Waals surface area contributed by atoms with Crippen LogP contribution in [0.1, 0.15) is 45.1 Å². The third-order valence-electron chi connectivity index (χ3n) is 3.94. The number of fused-ring (bicyclic) bond motifs is 1. The summed E-state index contributed by atoms with van der Waals surface area (Å²) in [7, 11) is 0. The second-order valence-corrected chi connectivity index (χ2v) is 6.16. The average molecular weight is 331 g/mol. The van der Waals surface area contributed by atoms with Crippen molar-refractivity contribution in [3.8, 4) is 5.75 Å². The van der Waals surface area contributed by atoms with E-state index in [-0.39, 0.29) is 18.6 Å². The number of amides is 1. The highest BCUT2D eigenvalue weighted by atomic mass is 16.5. The molecule has 1 amide bonds. The molecule has 0 aliphatic rings. The van der Waals surface area contributed by atoms with Crippen LogP contribution in [0, 0.1) is 6.92 Å². The van der Waals surface area contributed by atoms with Crippen molar-refractivity contribution in [2.24, 2.45) is 0 Å². The smallest absolute Gasteiger partial charge is 0.336 e. The predicted octanol–water partition coefficient (Wildman–Crippen LogP) is 3.57. The van der Waals surface area contributed by atoms with E-state index in [9.17, 15) is 9.59 Å². The van der Waals surface area contributed by atoms with Gasteiger partial charge in [-0.15, -0.1) is 0 Å². The molecule has 0 spiro atoms. The molecule has 1 aromatic heterocycles. The van der Waals surface area contributed by atoms with Crippen molar-refractivity contribution < 1.29 is 13.9 Å². The van der Waals surface area contributed by atoms with Crippen LogP contribution < -0.4 is 15.7 Å². The third-order valence-corrected chi connectivity index (χ3v) is 3.94. The first kappa shape index (κ1) is 18.0. The molecule has 0 saturated carbocycles. The zero-order valence-corrected chi connectivity index (χ0v) is 14.6. The van der Waals surface area contributed by atoms with Gasteiger partial charge < -0.3 is 14.5 Å². The van der Waals surface area contributed by atoms with Crippen LogP contribution in [-0.4, -0.2) is 18.6 Å². The summed E-state index contributed by atoms with van der Waals surface area (Å²) in [6.07, 6.45) is 4.43. The first-order valence-electron chi connectivity index (χ1n) is 8.46. The minimum absolute atomic E-state index is 0.0559. The Morgan fingerprint density at radius 1 is 1.29 bits per heavy atom. The molecule has 1 atom stereocenters. The van der Waals surface area contributed by atoms with Crippen LogP contribution in [-0.2, 0) is 4.79 Å². The van der Waals surface area contributed by atoms with Crippen LogP contribution in [0.15, 0.2) is 33.5 Å². The van der Waals surface area contributed by atoms with Crippen molar-refractivity contribution >= 4 is 16.9 Å². The fourth-order valence-electron chi connectivity index (χ4n) is 2.63.